The fraction of sp³-hybridized carbons (Fsp3) is 0.455. The van der Waals surface area contributed by atoms with Crippen molar-refractivity contribution in [2.45, 2.75) is 12.5 Å². The molecule has 106 valence electrons. The lowest BCUT2D eigenvalue weighted by atomic mass is 9.78. The van der Waals surface area contributed by atoms with Gasteiger partial charge in [-0.15, -0.1) is 12.4 Å². The van der Waals surface area contributed by atoms with Crippen LogP contribution in [0.5, 0.6) is 5.75 Å². The first-order valence-electron chi connectivity index (χ1n) is 5.78. The molecule has 1 aliphatic heterocycles. The second kappa shape index (κ2) is 7.07. The molecule has 2 rings (SSSR count). The van der Waals surface area contributed by atoms with E-state index in [4.69, 9.17) is 20.2 Å². The van der Waals surface area contributed by atoms with Gasteiger partial charge in [-0.3, -0.25) is 0 Å². The van der Waals surface area contributed by atoms with Gasteiger partial charge in [0.05, 0.1) is 12.7 Å². The highest BCUT2D eigenvalue weighted by Gasteiger charge is 2.38. The molecule has 1 heterocycles. The van der Waals surface area contributed by atoms with Crippen molar-refractivity contribution in [3.05, 3.63) is 23.5 Å². The van der Waals surface area contributed by atoms with Crippen LogP contribution in [-0.2, 0) is 4.65 Å². The summed E-state index contributed by atoms with van der Waals surface area (Å²) in [7, 11) is -1.23. The Labute approximate surface area is 117 Å². The van der Waals surface area contributed by atoms with E-state index in [0.29, 0.717) is 17.4 Å². The number of hydrogen-bond acceptors (Lipinski definition) is 5. The minimum Gasteiger partial charge on any atom is -0.491 e. The van der Waals surface area contributed by atoms with Gasteiger partial charge in [0.1, 0.15) is 0 Å². The molecule has 0 aromatic heterocycles. The van der Waals surface area contributed by atoms with Gasteiger partial charge < -0.3 is 25.3 Å². The zero-order chi connectivity index (χ0) is 13.1. The van der Waals surface area contributed by atoms with Crippen LogP contribution in [0.25, 0.3) is 0 Å². The highest BCUT2D eigenvalue weighted by Crippen LogP contribution is 2.28. The van der Waals surface area contributed by atoms with Crippen LogP contribution in [0.3, 0.4) is 0 Å². The van der Waals surface area contributed by atoms with E-state index in [0.717, 1.165) is 0 Å². The molecule has 0 radical (unpaired) electrons. The second-order valence-corrected chi connectivity index (χ2v) is 4.02. The van der Waals surface area contributed by atoms with E-state index in [1.807, 2.05) is 0 Å². The Kier molecular flexibility index (Phi) is 6.03. The molecule has 5 nitrogen and oxygen atoms in total. The molecule has 0 bridgehead atoms. The highest BCUT2D eigenvalue weighted by molar-refractivity contribution is 6.62. The molecule has 1 aliphatic rings. The summed E-state index contributed by atoms with van der Waals surface area (Å²) >= 11 is 0. The Balaban J connectivity index is 0.00000180. The van der Waals surface area contributed by atoms with Crippen molar-refractivity contribution in [1.82, 2.24) is 0 Å². The molecule has 0 saturated heterocycles. The fourth-order valence-electron chi connectivity index (χ4n) is 1.99. The van der Waals surface area contributed by atoms with Gasteiger partial charge in [0.2, 0.25) is 0 Å². The number of hydrogen-bond donors (Lipinski definition) is 3. The van der Waals surface area contributed by atoms with Gasteiger partial charge in [-0.1, -0.05) is 6.07 Å². The van der Waals surface area contributed by atoms with Crippen LogP contribution in [0.15, 0.2) is 12.1 Å². The molecule has 19 heavy (non-hydrogen) atoms. The van der Waals surface area contributed by atoms with E-state index in [9.17, 15) is 9.41 Å². The maximum absolute atomic E-state index is 13.7. The Bertz CT molecular complexity index is 437. The molecule has 1 aromatic rings. The number of aliphatic hydroxyl groups excluding tert-OH is 1. The quantitative estimate of drug-likeness (QED) is 0.513. The van der Waals surface area contributed by atoms with Gasteiger partial charge in [0.25, 0.3) is 0 Å². The number of ether oxygens (including phenoxy) is 1. The van der Waals surface area contributed by atoms with Crippen molar-refractivity contribution in [3.63, 3.8) is 0 Å². The number of fused-ring (bicyclic) bond motifs is 1. The topological polar surface area (TPSA) is 84.9 Å². The van der Waals surface area contributed by atoms with Crippen LogP contribution in [0.2, 0.25) is 0 Å². The number of benzene rings is 1. The lowest BCUT2D eigenvalue weighted by Gasteiger charge is -2.12. The molecule has 0 amide bonds. The van der Waals surface area contributed by atoms with E-state index < -0.39 is 19.0 Å². The van der Waals surface area contributed by atoms with E-state index in [-0.39, 0.29) is 37.9 Å². The third-order valence-corrected chi connectivity index (χ3v) is 2.83. The SMILES string of the molecule is Cl.NCC1OB(O)c2c1ccc(F)c2OCCCO. The predicted molar refractivity (Wildman–Crippen MR) is 71.3 cm³/mol. The van der Waals surface area contributed by atoms with Crippen LogP contribution in [0.1, 0.15) is 18.1 Å². The first kappa shape index (κ1) is 16.2. The second-order valence-electron chi connectivity index (χ2n) is 4.02. The molecule has 1 atom stereocenters. The van der Waals surface area contributed by atoms with E-state index in [2.05, 4.69) is 0 Å². The van der Waals surface area contributed by atoms with Crippen molar-refractivity contribution < 1.29 is 23.9 Å². The van der Waals surface area contributed by atoms with Crippen LogP contribution < -0.4 is 15.9 Å². The average Bonchev–Trinajstić information content (AvgIpc) is 2.69. The van der Waals surface area contributed by atoms with Crippen molar-refractivity contribution in [2.24, 2.45) is 5.73 Å². The summed E-state index contributed by atoms with van der Waals surface area (Å²) in [5, 5.41) is 18.4. The zero-order valence-corrected chi connectivity index (χ0v) is 11.0. The number of rotatable bonds is 5. The van der Waals surface area contributed by atoms with E-state index in [1.165, 1.54) is 12.1 Å². The summed E-state index contributed by atoms with van der Waals surface area (Å²) in [6.45, 7) is 0.330. The predicted octanol–water partition coefficient (Wildman–Crippen LogP) is -0.274. The highest BCUT2D eigenvalue weighted by atomic mass is 35.5. The van der Waals surface area contributed by atoms with E-state index in [1.54, 1.807) is 0 Å². The van der Waals surface area contributed by atoms with E-state index >= 15 is 0 Å². The van der Waals surface area contributed by atoms with Gasteiger partial charge in [0.15, 0.2) is 11.6 Å². The largest absolute Gasteiger partial charge is 0.495 e. The van der Waals surface area contributed by atoms with Crippen LogP contribution in [-0.4, -0.2) is 37.0 Å². The van der Waals surface area contributed by atoms with Crippen molar-refractivity contribution >= 4 is 25.0 Å². The molecule has 0 fully saturated rings. The van der Waals surface area contributed by atoms with Crippen LogP contribution in [0, 0.1) is 5.82 Å². The zero-order valence-electron chi connectivity index (χ0n) is 10.2. The standard InChI is InChI=1S/C11H15BFNO4.ClH/c13-8-3-2-7-9(6-14)18-12(16)10(7)11(8)17-5-1-4-15;/h2-3,9,15-16H,1,4-6,14H2;1H. The molecule has 0 spiro atoms. The Morgan fingerprint density at radius 3 is 2.84 bits per heavy atom. The van der Waals surface area contributed by atoms with Gasteiger partial charge in [-0.2, -0.15) is 0 Å². The Hall–Kier alpha value is -0.855. The monoisotopic (exact) mass is 291 g/mol. The number of nitrogens with two attached hydrogens (primary N) is 1. The van der Waals surface area contributed by atoms with Crippen molar-refractivity contribution in [1.29, 1.82) is 0 Å². The lowest BCUT2D eigenvalue weighted by Crippen LogP contribution is -2.31. The molecule has 0 saturated carbocycles. The maximum atomic E-state index is 13.7. The Morgan fingerprint density at radius 2 is 2.21 bits per heavy atom. The molecular weight excluding hydrogens is 275 g/mol. The number of aliphatic hydroxyl groups is 1. The average molecular weight is 292 g/mol. The smallest absolute Gasteiger partial charge is 0.491 e. The summed E-state index contributed by atoms with van der Waals surface area (Å²) in [6, 6.07) is 2.80. The minimum atomic E-state index is -1.23. The third kappa shape index (κ3) is 3.18. The molecule has 1 unspecified atom stereocenters. The minimum absolute atomic E-state index is 0. The fourth-order valence-corrected chi connectivity index (χ4v) is 1.99. The summed E-state index contributed by atoms with van der Waals surface area (Å²) in [5.74, 6) is -0.587. The first-order chi connectivity index (χ1) is 8.69. The summed E-state index contributed by atoms with van der Waals surface area (Å²) in [4.78, 5) is 0. The van der Waals surface area contributed by atoms with Crippen molar-refractivity contribution in [2.75, 3.05) is 19.8 Å². The molecule has 0 aliphatic carbocycles. The molecule has 4 N–H and O–H groups in total. The van der Waals surface area contributed by atoms with Crippen LogP contribution >= 0.6 is 12.4 Å². The number of halogens is 2. The Morgan fingerprint density at radius 1 is 1.47 bits per heavy atom. The summed E-state index contributed by atoms with van der Waals surface area (Å²) in [5.41, 5.74) is 6.46. The van der Waals surface area contributed by atoms with Gasteiger partial charge in [-0.05, 0) is 11.6 Å². The first-order valence-corrected chi connectivity index (χ1v) is 5.78. The van der Waals surface area contributed by atoms with Crippen LogP contribution in [0.4, 0.5) is 4.39 Å². The summed E-state index contributed by atoms with van der Waals surface area (Å²) in [6.07, 6.45) is -0.0591. The van der Waals surface area contributed by atoms with Gasteiger partial charge in [0, 0.05) is 25.0 Å². The van der Waals surface area contributed by atoms with Crippen molar-refractivity contribution in [3.8, 4) is 5.75 Å². The third-order valence-electron chi connectivity index (χ3n) is 2.83. The molecular formula is C11H16BClFNO4. The normalized spacial score (nSPS) is 17.1. The molecule has 1 aromatic carbocycles. The summed E-state index contributed by atoms with van der Waals surface area (Å²) < 4.78 is 24.2. The molecule has 8 heteroatoms. The van der Waals surface area contributed by atoms with Gasteiger partial charge in [-0.25, -0.2) is 4.39 Å². The maximum Gasteiger partial charge on any atom is 0.495 e. The lowest BCUT2D eigenvalue weighted by molar-refractivity contribution is 0.198. The van der Waals surface area contributed by atoms with Gasteiger partial charge >= 0.3 is 7.12 Å².